The smallest absolute Gasteiger partial charge is 0.246 e. The third-order valence-corrected chi connectivity index (χ3v) is 6.18. The van der Waals surface area contributed by atoms with Crippen molar-refractivity contribution in [2.24, 2.45) is 5.73 Å². The number of benzene rings is 2. The molecule has 2 aromatic heterocycles. The quantitative estimate of drug-likeness (QED) is 0.448. The zero-order valence-electron chi connectivity index (χ0n) is 15.3. The first kappa shape index (κ1) is 18.6. The zero-order chi connectivity index (χ0) is 20.8. The van der Waals surface area contributed by atoms with Crippen LogP contribution in [0.1, 0.15) is 6.42 Å². The lowest BCUT2D eigenvalue weighted by Crippen LogP contribution is -2.30. The van der Waals surface area contributed by atoms with Gasteiger partial charge in [-0.1, -0.05) is 39.8 Å². The van der Waals surface area contributed by atoms with E-state index in [-0.39, 0.29) is 29.7 Å². The molecule has 0 fully saturated rings. The first-order valence-electron chi connectivity index (χ1n) is 8.86. The number of nitrogens with zero attached hydrogens (tertiary/aromatic N) is 6. The van der Waals surface area contributed by atoms with E-state index in [9.17, 15) is 10.1 Å². The molecular formula is C20H12BrN7OS. The number of amides is 1. The number of nitrogens with two attached hydrogens (primary N) is 1. The van der Waals surface area contributed by atoms with Crippen LogP contribution < -0.4 is 10.6 Å². The SMILES string of the molecule is N#CC1=C(N)N(c2nnc3c4ccccc4nc(Sc4ccc(Br)cc4)n23)C(=O)C1. The molecular weight excluding hydrogens is 466 g/mol. The topological polar surface area (TPSA) is 113 Å². The lowest BCUT2D eigenvalue weighted by Gasteiger charge is -2.16. The van der Waals surface area contributed by atoms with E-state index in [0.717, 1.165) is 20.3 Å². The molecule has 0 atom stereocenters. The van der Waals surface area contributed by atoms with Gasteiger partial charge in [0.15, 0.2) is 10.8 Å². The van der Waals surface area contributed by atoms with Crippen molar-refractivity contribution in [1.82, 2.24) is 19.6 Å². The van der Waals surface area contributed by atoms with Crippen LogP contribution in [0.2, 0.25) is 0 Å². The van der Waals surface area contributed by atoms with Crippen LogP contribution in [0.4, 0.5) is 5.95 Å². The summed E-state index contributed by atoms with van der Waals surface area (Å²) in [6, 6.07) is 17.4. The molecule has 0 aliphatic carbocycles. The van der Waals surface area contributed by atoms with Gasteiger partial charge in [-0.3, -0.25) is 4.79 Å². The Kier molecular flexibility index (Phi) is 4.42. The summed E-state index contributed by atoms with van der Waals surface area (Å²) in [5, 5.41) is 19.2. The Balaban J connectivity index is 1.76. The van der Waals surface area contributed by atoms with Crippen LogP contribution in [0.3, 0.4) is 0 Å². The van der Waals surface area contributed by atoms with Gasteiger partial charge < -0.3 is 5.73 Å². The van der Waals surface area contributed by atoms with E-state index < -0.39 is 0 Å². The highest BCUT2D eigenvalue weighted by Gasteiger charge is 2.34. The van der Waals surface area contributed by atoms with Crippen molar-refractivity contribution in [1.29, 1.82) is 5.26 Å². The van der Waals surface area contributed by atoms with Gasteiger partial charge >= 0.3 is 0 Å². The largest absolute Gasteiger partial charge is 0.384 e. The second kappa shape index (κ2) is 7.12. The van der Waals surface area contributed by atoms with E-state index in [1.54, 1.807) is 4.40 Å². The van der Waals surface area contributed by atoms with Gasteiger partial charge in [-0.25, -0.2) is 14.3 Å². The van der Waals surface area contributed by atoms with E-state index >= 15 is 0 Å². The maximum atomic E-state index is 12.6. The number of halogens is 1. The van der Waals surface area contributed by atoms with Crippen LogP contribution in [0.25, 0.3) is 16.6 Å². The Morgan fingerprint density at radius 3 is 2.63 bits per heavy atom. The maximum absolute atomic E-state index is 12.6. The highest BCUT2D eigenvalue weighted by atomic mass is 79.9. The number of aromatic nitrogens is 4. The normalized spacial score (nSPS) is 14.1. The van der Waals surface area contributed by atoms with E-state index in [0.29, 0.717) is 10.8 Å². The molecule has 1 aliphatic heterocycles. The van der Waals surface area contributed by atoms with Gasteiger partial charge in [-0.2, -0.15) is 5.26 Å². The molecule has 0 radical (unpaired) electrons. The number of anilines is 1. The van der Waals surface area contributed by atoms with Gasteiger partial charge in [0.2, 0.25) is 11.9 Å². The summed E-state index contributed by atoms with van der Waals surface area (Å²) >= 11 is 4.86. The van der Waals surface area contributed by atoms with E-state index in [1.165, 1.54) is 16.7 Å². The van der Waals surface area contributed by atoms with Gasteiger partial charge in [0.05, 0.1) is 23.6 Å². The fraction of sp³-hybridized carbons (Fsp3) is 0.0500. The van der Waals surface area contributed by atoms with E-state index in [2.05, 4.69) is 26.1 Å². The average Bonchev–Trinajstić information content (AvgIpc) is 3.30. The third-order valence-electron chi connectivity index (χ3n) is 4.68. The number of hydrogen-bond donors (Lipinski definition) is 1. The van der Waals surface area contributed by atoms with Gasteiger partial charge in [0.25, 0.3) is 0 Å². The first-order chi connectivity index (χ1) is 14.6. The van der Waals surface area contributed by atoms with Gasteiger partial charge in [0.1, 0.15) is 5.82 Å². The van der Waals surface area contributed by atoms with Crippen LogP contribution >= 0.6 is 27.7 Å². The number of para-hydroxylation sites is 1. The summed E-state index contributed by atoms with van der Waals surface area (Å²) in [6.45, 7) is 0. The minimum atomic E-state index is -0.328. The molecule has 0 spiro atoms. The fourth-order valence-electron chi connectivity index (χ4n) is 3.27. The van der Waals surface area contributed by atoms with Crippen molar-refractivity contribution in [3.8, 4) is 6.07 Å². The van der Waals surface area contributed by atoms with Crippen molar-refractivity contribution in [2.75, 3.05) is 4.90 Å². The van der Waals surface area contributed by atoms with Crippen molar-refractivity contribution < 1.29 is 4.79 Å². The minimum Gasteiger partial charge on any atom is -0.384 e. The molecule has 146 valence electrons. The lowest BCUT2D eigenvalue weighted by atomic mass is 10.2. The molecule has 5 rings (SSSR count). The summed E-state index contributed by atoms with van der Waals surface area (Å²) in [5.41, 5.74) is 7.62. The Bertz CT molecular complexity index is 1400. The predicted molar refractivity (Wildman–Crippen MR) is 115 cm³/mol. The molecule has 0 bridgehead atoms. The summed E-state index contributed by atoms with van der Waals surface area (Å²) in [6.07, 6.45) is -0.0621. The van der Waals surface area contributed by atoms with Crippen LogP contribution in [0, 0.1) is 11.3 Å². The summed E-state index contributed by atoms with van der Waals surface area (Å²) in [4.78, 5) is 19.6. The number of carbonyl (C=O) groups excluding carboxylic acids is 1. The average molecular weight is 478 g/mol. The molecule has 0 unspecified atom stereocenters. The molecule has 2 N–H and O–H groups in total. The van der Waals surface area contributed by atoms with Gasteiger partial charge in [0, 0.05) is 14.8 Å². The highest BCUT2D eigenvalue weighted by Crippen LogP contribution is 2.34. The molecule has 0 saturated heterocycles. The molecule has 1 amide bonds. The van der Waals surface area contributed by atoms with Gasteiger partial charge in [-0.05, 0) is 36.4 Å². The molecule has 0 saturated carbocycles. The number of nitriles is 1. The molecule has 3 heterocycles. The molecule has 8 nitrogen and oxygen atoms in total. The van der Waals surface area contributed by atoms with Crippen LogP contribution in [0.15, 0.2) is 74.4 Å². The first-order valence-corrected chi connectivity index (χ1v) is 10.5. The summed E-state index contributed by atoms with van der Waals surface area (Å²) in [5.74, 6) is -0.0359. The summed E-state index contributed by atoms with van der Waals surface area (Å²) in [7, 11) is 0. The van der Waals surface area contributed by atoms with Crippen LogP contribution in [-0.4, -0.2) is 25.5 Å². The van der Waals surface area contributed by atoms with Crippen molar-refractivity contribution >= 4 is 56.1 Å². The van der Waals surface area contributed by atoms with Crippen molar-refractivity contribution in [3.63, 3.8) is 0 Å². The lowest BCUT2D eigenvalue weighted by molar-refractivity contribution is -0.116. The highest BCUT2D eigenvalue weighted by molar-refractivity contribution is 9.10. The van der Waals surface area contributed by atoms with Crippen LogP contribution in [-0.2, 0) is 4.79 Å². The molecule has 1 aliphatic rings. The number of hydrogen-bond acceptors (Lipinski definition) is 7. The van der Waals surface area contributed by atoms with E-state index in [4.69, 9.17) is 10.7 Å². The summed E-state index contributed by atoms with van der Waals surface area (Å²) < 4.78 is 2.68. The molecule has 4 aromatic rings. The standard InChI is InChI=1S/C20H12BrN7OS/c21-12-5-7-13(8-6-12)30-20-24-15-4-2-1-3-14(15)18-25-26-19(28(18)20)27-16(29)9-11(10-22)17(27)23/h1-8H,9,23H2. The van der Waals surface area contributed by atoms with Crippen molar-refractivity contribution in [2.45, 2.75) is 16.5 Å². The molecule has 10 heteroatoms. The Morgan fingerprint density at radius 2 is 1.90 bits per heavy atom. The second-order valence-corrected chi connectivity index (χ2v) is 8.46. The molecule has 30 heavy (non-hydrogen) atoms. The maximum Gasteiger partial charge on any atom is 0.246 e. The molecule has 2 aromatic carbocycles. The minimum absolute atomic E-state index is 0.0621. The number of carbonyl (C=O) groups is 1. The second-order valence-electron chi connectivity index (χ2n) is 6.51. The third kappa shape index (κ3) is 2.91. The monoisotopic (exact) mass is 477 g/mol. The Labute approximate surface area is 183 Å². The van der Waals surface area contributed by atoms with Crippen LogP contribution in [0.5, 0.6) is 0 Å². The number of rotatable bonds is 3. The number of fused-ring (bicyclic) bond motifs is 3. The Hall–Kier alpha value is -3.42. The van der Waals surface area contributed by atoms with Crippen molar-refractivity contribution in [3.05, 3.63) is 64.4 Å². The predicted octanol–water partition coefficient (Wildman–Crippen LogP) is 3.62. The fourth-order valence-corrected chi connectivity index (χ4v) is 4.42. The zero-order valence-corrected chi connectivity index (χ0v) is 17.7. The van der Waals surface area contributed by atoms with Gasteiger partial charge in [-0.15, -0.1) is 10.2 Å². The van der Waals surface area contributed by atoms with E-state index in [1.807, 2.05) is 54.6 Å². The Morgan fingerprint density at radius 1 is 1.13 bits per heavy atom.